The molecule has 0 amide bonds. The molecule has 3 aromatic carbocycles. The van der Waals surface area contributed by atoms with E-state index in [4.69, 9.17) is 14.2 Å². The van der Waals surface area contributed by atoms with Crippen LogP contribution in [0.5, 0.6) is 11.5 Å². The van der Waals surface area contributed by atoms with E-state index in [2.05, 4.69) is 52.0 Å². The van der Waals surface area contributed by atoms with Gasteiger partial charge in [0.2, 0.25) is 6.79 Å². The minimum absolute atomic E-state index is 0.285. The fourth-order valence-electron chi connectivity index (χ4n) is 3.26. The molecule has 0 saturated carbocycles. The normalized spacial score (nSPS) is 12.6. The highest BCUT2D eigenvalue weighted by Gasteiger charge is 2.13. The van der Waals surface area contributed by atoms with Crippen molar-refractivity contribution in [3.8, 4) is 11.5 Å². The van der Waals surface area contributed by atoms with E-state index in [1.54, 1.807) is 7.05 Å². The lowest BCUT2D eigenvalue weighted by atomic mass is 10.1. The lowest BCUT2D eigenvalue weighted by molar-refractivity contribution is 0.107. The van der Waals surface area contributed by atoms with Gasteiger partial charge in [0.1, 0.15) is 0 Å². The summed E-state index contributed by atoms with van der Waals surface area (Å²) in [5.74, 6) is 2.32. The molecule has 0 atom stereocenters. The number of benzene rings is 3. The van der Waals surface area contributed by atoms with Crippen molar-refractivity contribution in [3.05, 3.63) is 95.1 Å². The molecule has 0 saturated heterocycles. The van der Waals surface area contributed by atoms with Crippen molar-refractivity contribution in [2.24, 2.45) is 4.99 Å². The highest BCUT2D eigenvalue weighted by atomic mass is 16.7. The zero-order chi connectivity index (χ0) is 21.3. The Bertz CT molecular complexity index is 1000. The average Bonchev–Trinajstić information content (AvgIpc) is 3.29. The molecule has 0 radical (unpaired) electrons. The zero-order valence-electron chi connectivity index (χ0n) is 17.6. The van der Waals surface area contributed by atoms with E-state index in [9.17, 15) is 0 Å². The number of ether oxygens (including phenoxy) is 3. The minimum Gasteiger partial charge on any atom is -0.454 e. The van der Waals surface area contributed by atoms with Crippen molar-refractivity contribution in [2.75, 3.05) is 13.8 Å². The Morgan fingerprint density at radius 3 is 2.13 bits per heavy atom. The summed E-state index contributed by atoms with van der Waals surface area (Å²) in [6.07, 6.45) is 0. The van der Waals surface area contributed by atoms with E-state index < -0.39 is 0 Å². The molecule has 6 heteroatoms. The molecule has 1 heterocycles. The maximum Gasteiger partial charge on any atom is 0.231 e. The molecule has 0 spiro atoms. The van der Waals surface area contributed by atoms with Crippen LogP contribution >= 0.6 is 0 Å². The first kappa shape index (κ1) is 20.8. The van der Waals surface area contributed by atoms with Gasteiger partial charge in [-0.2, -0.15) is 0 Å². The third kappa shape index (κ3) is 5.99. The maximum absolute atomic E-state index is 5.80. The average molecular weight is 418 g/mol. The number of hydrogen-bond acceptors (Lipinski definition) is 4. The number of rotatable bonds is 8. The molecule has 0 bridgehead atoms. The van der Waals surface area contributed by atoms with Crippen LogP contribution in [0.3, 0.4) is 0 Å². The Balaban J connectivity index is 1.20. The second kappa shape index (κ2) is 10.5. The summed E-state index contributed by atoms with van der Waals surface area (Å²) < 4.78 is 16.6. The quantitative estimate of drug-likeness (QED) is 0.429. The standard InChI is InChI=1S/C25H27N3O3/c1-26-25(28-15-22-11-12-23-24(13-22)31-18-30-23)27-14-19-7-9-21(10-8-19)17-29-16-20-5-3-2-4-6-20/h2-13H,14-18H2,1H3,(H2,26,27,28). The highest BCUT2D eigenvalue weighted by Crippen LogP contribution is 2.32. The summed E-state index contributed by atoms with van der Waals surface area (Å²) in [5, 5.41) is 6.67. The molecule has 3 aromatic rings. The third-order valence-corrected chi connectivity index (χ3v) is 4.98. The number of aliphatic imine (C=N–C) groups is 1. The smallest absolute Gasteiger partial charge is 0.231 e. The Morgan fingerprint density at radius 2 is 1.39 bits per heavy atom. The third-order valence-electron chi connectivity index (χ3n) is 4.98. The zero-order valence-corrected chi connectivity index (χ0v) is 17.6. The van der Waals surface area contributed by atoms with Crippen LogP contribution in [0, 0.1) is 0 Å². The Morgan fingerprint density at radius 1 is 0.774 bits per heavy atom. The minimum atomic E-state index is 0.285. The molecule has 6 nitrogen and oxygen atoms in total. The molecule has 0 unspecified atom stereocenters. The van der Waals surface area contributed by atoms with E-state index >= 15 is 0 Å². The second-order valence-corrected chi connectivity index (χ2v) is 7.26. The molecule has 160 valence electrons. The van der Waals surface area contributed by atoms with Gasteiger partial charge in [0.25, 0.3) is 0 Å². The van der Waals surface area contributed by atoms with Gasteiger partial charge in [-0.25, -0.2) is 0 Å². The topological polar surface area (TPSA) is 64.1 Å². The number of hydrogen-bond donors (Lipinski definition) is 2. The lowest BCUT2D eigenvalue weighted by Crippen LogP contribution is -2.36. The fraction of sp³-hybridized carbons (Fsp3) is 0.240. The van der Waals surface area contributed by atoms with Gasteiger partial charge < -0.3 is 24.8 Å². The molecule has 0 fully saturated rings. The van der Waals surface area contributed by atoms with Gasteiger partial charge in [0, 0.05) is 20.1 Å². The van der Waals surface area contributed by atoms with Gasteiger partial charge in [-0.15, -0.1) is 0 Å². The summed E-state index contributed by atoms with van der Waals surface area (Å²) in [6.45, 7) is 2.84. The fourth-order valence-corrected chi connectivity index (χ4v) is 3.26. The van der Waals surface area contributed by atoms with Crippen molar-refractivity contribution < 1.29 is 14.2 Å². The Labute approximate surface area is 182 Å². The molecule has 0 aromatic heterocycles. The van der Waals surface area contributed by atoms with Gasteiger partial charge in [-0.1, -0.05) is 60.7 Å². The number of nitrogens with zero attached hydrogens (tertiary/aromatic N) is 1. The van der Waals surface area contributed by atoms with Crippen molar-refractivity contribution in [1.29, 1.82) is 0 Å². The molecular weight excluding hydrogens is 390 g/mol. The number of guanidine groups is 1. The van der Waals surface area contributed by atoms with Gasteiger partial charge in [0.15, 0.2) is 17.5 Å². The van der Waals surface area contributed by atoms with Crippen molar-refractivity contribution >= 4 is 5.96 Å². The largest absolute Gasteiger partial charge is 0.454 e. The highest BCUT2D eigenvalue weighted by molar-refractivity contribution is 5.79. The number of nitrogens with one attached hydrogen (secondary N) is 2. The van der Waals surface area contributed by atoms with Crippen LogP contribution in [0.25, 0.3) is 0 Å². The second-order valence-electron chi connectivity index (χ2n) is 7.26. The van der Waals surface area contributed by atoms with Crippen LogP contribution in [-0.4, -0.2) is 19.8 Å². The molecule has 31 heavy (non-hydrogen) atoms. The van der Waals surface area contributed by atoms with Crippen LogP contribution in [0.1, 0.15) is 22.3 Å². The first-order valence-corrected chi connectivity index (χ1v) is 10.3. The molecule has 4 rings (SSSR count). The van der Waals surface area contributed by atoms with Crippen LogP contribution in [0.4, 0.5) is 0 Å². The maximum atomic E-state index is 5.80. The van der Waals surface area contributed by atoms with Crippen LogP contribution in [0.2, 0.25) is 0 Å². The van der Waals surface area contributed by atoms with Crippen LogP contribution in [0.15, 0.2) is 77.8 Å². The number of fused-ring (bicyclic) bond motifs is 1. The summed E-state index contributed by atoms with van der Waals surface area (Å²) in [5.41, 5.74) is 4.62. The van der Waals surface area contributed by atoms with Crippen LogP contribution in [-0.2, 0) is 31.0 Å². The van der Waals surface area contributed by atoms with Crippen LogP contribution < -0.4 is 20.1 Å². The summed E-state index contributed by atoms with van der Waals surface area (Å²) in [4.78, 5) is 4.30. The monoisotopic (exact) mass is 417 g/mol. The van der Waals surface area contributed by atoms with Gasteiger partial charge in [0.05, 0.1) is 13.2 Å². The van der Waals surface area contributed by atoms with Gasteiger partial charge >= 0.3 is 0 Å². The van der Waals surface area contributed by atoms with E-state index in [0.29, 0.717) is 26.3 Å². The molecule has 2 N–H and O–H groups in total. The summed E-state index contributed by atoms with van der Waals surface area (Å²) in [7, 11) is 1.77. The van der Waals surface area contributed by atoms with E-state index in [1.807, 2.05) is 36.4 Å². The lowest BCUT2D eigenvalue weighted by Gasteiger charge is -2.13. The molecule has 1 aliphatic heterocycles. The van der Waals surface area contributed by atoms with Gasteiger partial charge in [-0.3, -0.25) is 4.99 Å². The summed E-state index contributed by atoms with van der Waals surface area (Å²) >= 11 is 0. The predicted octanol–water partition coefficient (Wildman–Crippen LogP) is 4.00. The van der Waals surface area contributed by atoms with E-state index in [-0.39, 0.29) is 6.79 Å². The first-order chi connectivity index (χ1) is 15.3. The van der Waals surface area contributed by atoms with Crippen molar-refractivity contribution in [1.82, 2.24) is 10.6 Å². The predicted molar refractivity (Wildman–Crippen MR) is 121 cm³/mol. The Hall–Kier alpha value is -3.51. The van der Waals surface area contributed by atoms with Crippen molar-refractivity contribution in [3.63, 3.8) is 0 Å². The first-order valence-electron chi connectivity index (χ1n) is 10.3. The molecular formula is C25H27N3O3. The van der Waals surface area contributed by atoms with Gasteiger partial charge in [-0.05, 0) is 34.4 Å². The van der Waals surface area contributed by atoms with Crippen molar-refractivity contribution in [2.45, 2.75) is 26.3 Å². The van der Waals surface area contributed by atoms with E-state index in [1.165, 1.54) is 11.1 Å². The summed E-state index contributed by atoms with van der Waals surface area (Å²) in [6, 6.07) is 24.6. The SMILES string of the molecule is CN=C(NCc1ccc(COCc2ccccc2)cc1)NCc1ccc2c(c1)OCO2. The molecule has 0 aliphatic carbocycles. The van der Waals surface area contributed by atoms with E-state index in [0.717, 1.165) is 28.6 Å². The Kier molecular flexibility index (Phi) is 7.03. The molecule has 1 aliphatic rings.